The number of amides is 1. The van der Waals surface area contributed by atoms with E-state index in [4.69, 9.17) is 4.74 Å². The molecule has 0 spiro atoms. The van der Waals surface area contributed by atoms with Gasteiger partial charge in [0.25, 0.3) is 5.91 Å². The molecule has 7 nitrogen and oxygen atoms in total. The van der Waals surface area contributed by atoms with E-state index >= 15 is 0 Å². The maximum Gasteiger partial charge on any atom is 0.338 e. The number of ether oxygens (including phenoxy) is 1. The topological polar surface area (TPSA) is 92.8 Å². The van der Waals surface area contributed by atoms with Crippen LogP contribution in [0, 0.1) is 5.92 Å². The van der Waals surface area contributed by atoms with Gasteiger partial charge in [0.1, 0.15) is 0 Å². The highest BCUT2D eigenvalue weighted by Crippen LogP contribution is 2.24. The number of piperidine rings is 1. The Hall–Kier alpha value is -2.71. The molecule has 1 saturated heterocycles. The van der Waals surface area contributed by atoms with Gasteiger partial charge in [-0.3, -0.25) is 4.79 Å². The van der Waals surface area contributed by atoms with Crippen LogP contribution in [0.15, 0.2) is 53.4 Å². The zero-order valence-corrected chi connectivity index (χ0v) is 17.9. The third-order valence-corrected chi connectivity index (χ3v) is 7.04. The Morgan fingerprint density at radius 2 is 1.73 bits per heavy atom. The first-order chi connectivity index (χ1) is 14.3. The number of carbonyl (C=O) groups excluding carboxylic acids is 2. The molecule has 0 aliphatic carbocycles. The first-order valence-electron chi connectivity index (χ1n) is 10.00. The van der Waals surface area contributed by atoms with E-state index in [1.54, 1.807) is 25.1 Å². The lowest BCUT2D eigenvalue weighted by atomic mass is 10.0. The summed E-state index contributed by atoms with van der Waals surface area (Å²) in [6.07, 6.45) is 1.70. The van der Waals surface area contributed by atoms with Gasteiger partial charge in [0.05, 0.1) is 17.1 Å². The second-order valence-electron chi connectivity index (χ2n) is 7.37. The van der Waals surface area contributed by atoms with Gasteiger partial charge in [-0.25, -0.2) is 13.2 Å². The molecule has 1 fully saturated rings. The van der Waals surface area contributed by atoms with Gasteiger partial charge in [0.2, 0.25) is 10.0 Å². The van der Waals surface area contributed by atoms with E-state index in [2.05, 4.69) is 12.2 Å². The van der Waals surface area contributed by atoms with Crippen LogP contribution in [0.25, 0.3) is 0 Å². The maximum absolute atomic E-state index is 12.8. The van der Waals surface area contributed by atoms with Crippen LogP contribution in [0.1, 0.15) is 47.4 Å². The smallest absolute Gasteiger partial charge is 0.338 e. The van der Waals surface area contributed by atoms with Gasteiger partial charge in [-0.05, 0) is 68.1 Å². The Labute approximate surface area is 177 Å². The van der Waals surface area contributed by atoms with Crippen molar-refractivity contribution in [2.24, 2.45) is 5.92 Å². The fourth-order valence-electron chi connectivity index (χ4n) is 3.29. The van der Waals surface area contributed by atoms with Crippen molar-refractivity contribution in [2.45, 2.75) is 31.6 Å². The number of nitrogens with one attached hydrogen (secondary N) is 1. The first-order valence-corrected chi connectivity index (χ1v) is 11.4. The van der Waals surface area contributed by atoms with Gasteiger partial charge in [-0.2, -0.15) is 4.31 Å². The van der Waals surface area contributed by atoms with E-state index in [1.807, 2.05) is 0 Å². The maximum atomic E-state index is 12.8. The molecule has 160 valence electrons. The molecule has 0 saturated carbocycles. The number of benzene rings is 2. The molecule has 0 radical (unpaired) electrons. The van der Waals surface area contributed by atoms with E-state index in [0.29, 0.717) is 35.8 Å². The molecular weight excluding hydrogens is 404 g/mol. The number of hydrogen-bond acceptors (Lipinski definition) is 5. The molecule has 1 heterocycles. The predicted octanol–water partition coefficient (Wildman–Crippen LogP) is 3.54. The third-order valence-electron chi connectivity index (χ3n) is 5.13. The molecule has 1 aliphatic heterocycles. The summed E-state index contributed by atoms with van der Waals surface area (Å²) in [5.41, 5.74) is 1.11. The minimum Gasteiger partial charge on any atom is -0.462 e. The highest BCUT2D eigenvalue weighted by molar-refractivity contribution is 7.89. The molecule has 1 amide bonds. The lowest BCUT2D eigenvalue weighted by molar-refractivity contribution is 0.0526. The summed E-state index contributed by atoms with van der Waals surface area (Å²) in [6.45, 7) is 5.14. The number of nitrogens with zero attached hydrogens (tertiary/aromatic N) is 1. The summed E-state index contributed by atoms with van der Waals surface area (Å²) < 4.78 is 32.1. The Morgan fingerprint density at radius 3 is 2.37 bits per heavy atom. The fraction of sp³-hybridized carbons (Fsp3) is 0.364. The van der Waals surface area contributed by atoms with Crippen LogP contribution in [0.3, 0.4) is 0 Å². The molecule has 30 heavy (non-hydrogen) atoms. The second-order valence-corrected chi connectivity index (χ2v) is 9.30. The summed E-state index contributed by atoms with van der Waals surface area (Å²) in [5.74, 6) is -0.327. The standard InChI is InChI=1S/C22H26N2O5S/c1-3-29-22(26)18-5-4-6-19(15-18)23-21(25)17-7-9-20(10-8-17)30(27,28)24-13-11-16(2)12-14-24/h4-10,15-16H,3,11-14H2,1-2H3,(H,23,25). The fourth-order valence-corrected chi connectivity index (χ4v) is 4.76. The molecule has 1 N–H and O–H groups in total. The van der Waals surface area contributed by atoms with Gasteiger partial charge in [0, 0.05) is 24.3 Å². The van der Waals surface area contributed by atoms with E-state index in [-0.39, 0.29) is 11.5 Å². The van der Waals surface area contributed by atoms with Crippen molar-refractivity contribution >= 4 is 27.6 Å². The van der Waals surface area contributed by atoms with Crippen molar-refractivity contribution in [3.8, 4) is 0 Å². The molecule has 0 atom stereocenters. The molecular formula is C22H26N2O5S. The SMILES string of the molecule is CCOC(=O)c1cccc(NC(=O)c2ccc(S(=O)(=O)N3CCC(C)CC3)cc2)c1. The van der Waals surface area contributed by atoms with Gasteiger partial charge in [0.15, 0.2) is 0 Å². The highest BCUT2D eigenvalue weighted by atomic mass is 32.2. The van der Waals surface area contributed by atoms with Crippen molar-refractivity contribution in [1.29, 1.82) is 0 Å². The van der Waals surface area contributed by atoms with Crippen molar-refractivity contribution < 1.29 is 22.7 Å². The zero-order chi connectivity index (χ0) is 21.7. The van der Waals surface area contributed by atoms with Gasteiger partial charge < -0.3 is 10.1 Å². The van der Waals surface area contributed by atoms with Crippen molar-refractivity contribution in [1.82, 2.24) is 4.31 Å². The van der Waals surface area contributed by atoms with Crippen LogP contribution in [0.5, 0.6) is 0 Å². The minimum atomic E-state index is -3.56. The van der Waals surface area contributed by atoms with Gasteiger partial charge >= 0.3 is 5.97 Å². The molecule has 0 bridgehead atoms. The van der Waals surface area contributed by atoms with Crippen molar-refractivity contribution in [3.63, 3.8) is 0 Å². The summed E-state index contributed by atoms with van der Waals surface area (Å²) in [7, 11) is -3.56. The van der Waals surface area contributed by atoms with E-state index in [1.165, 1.54) is 34.6 Å². The van der Waals surface area contributed by atoms with Crippen LogP contribution < -0.4 is 5.32 Å². The van der Waals surface area contributed by atoms with Gasteiger partial charge in [-0.1, -0.05) is 13.0 Å². The molecule has 2 aromatic rings. The number of anilines is 1. The van der Waals surface area contributed by atoms with Crippen molar-refractivity contribution in [2.75, 3.05) is 25.0 Å². The van der Waals surface area contributed by atoms with Crippen LogP contribution in [-0.4, -0.2) is 44.3 Å². The van der Waals surface area contributed by atoms with E-state index in [9.17, 15) is 18.0 Å². The predicted molar refractivity (Wildman–Crippen MR) is 114 cm³/mol. The van der Waals surface area contributed by atoms with Crippen molar-refractivity contribution in [3.05, 3.63) is 59.7 Å². The number of hydrogen-bond donors (Lipinski definition) is 1. The largest absolute Gasteiger partial charge is 0.462 e. The van der Waals surface area contributed by atoms with Crippen LogP contribution in [0.4, 0.5) is 5.69 Å². The number of sulfonamides is 1. The highest BCUT2D eigenvalue weighted by Gasteiger charge is 2.28. The Kier molecular flexibility index (Phi) is 6.89. The number of esters is 1. The van der Waals surface area contributed by atoms with Crippen LogP contribution >= 0.6 is 0 Å². The summed E-state index contributed by atoms with van der Waals surface area (Å²) in [5, 5.41) is 2.72. The Morgan fingerprint density at radius 1 is 1.07 bits per heavy atom. The molecule has 3 rings (SSSR count). The number of rotatable bonds is 6. The molecule has 0 unspecified atom stereocenters. The van der Waals surface area contributed by atoms with E-state index < -0.39 is 21.9 Å². The zero-order valence-electron chi connectivity index (χ0n) is 17.1. The summed E-state index contributed by atoms with van der Waals surface area (Å²) in [4.78, 5) is 24.5. The van der Waals surface area contributed by atoms with Crippen LogP contribution in [-0.2, 0) is 14.8 Å². The minimum absolute atomic E-state index is 0.179. The summed E-state index contributed by atoms with van der Waals surface area (Å²) in [6, 6.07) is 12.3. The molecule has 2 aromatic carbocycles. The van der Waals surface area contributed by atoms with E-state index in [0.717, 1.165) is 12.8 Å². The van der Waals surface area contributed by atoms with Gasteiger partial charge in [-0.15, -0.1) is 0 Å². The monoisotopic (exact) mass is 430 g/mol. The Balaban J connectivity index is 1.70. The molecule has 8 heteroatoms. The normalized spacial score (nSPS) is 15.5. The third kappa shape index (κ3) is 5.06. The van der Waals surface area contributed by atoms with Crippen LogP contribution in [0.2, 0.25) is 0 Å². The summed E-state index contributed by atoms with van der Waals surface area (Å²) >= 11 is 0. The molecule has 0 aromatic heterocycles. The number of carbonyl (C=O) groups is 2. The lowest BCUT2D eigenvalue weighted by Gasteiger charge is -2.29. The first kappa shape index (κ1) is 22.0. The second kappa shape index (κ2) is 9.40. The molecule has 1 aliphatic rings. The quantitative estimate of drug-likeness (QED) is 0.708. The Bertz CT molecular complexity index is 1010. The lowest BCUT2D eigenvalue weighted by Crippen LogP contribution is -2.37. The average molecular weight is 431 g/mol. The average Bonchev–Trinajstić information content (AvgIpc) is 2.74.